The zero-order chi connectivity index (χ0) is 11.3. The Kier molecular flexibility index (Phi) is 5.07. The number of carboxylic acid groups (broad SMARTS) is 1. The summed E-state index contributed by atoms with van der Waals surface area (Å²) < 4.78 is 0.845. The third-order valence-corrected chi connectivity index (χ3v) is 3.60. The summed E-state index contributed by atoms with van der Waals surface area (Å²) >= 11 is 4.64. The van der Waals surface area contributed by atoms with Crippen LogP contribution in [0.4, 0.5) is 0 Å². The first kappa shape index (κ1) is 12.5. The summed E-state index contributed by atoms with van der Waals surface area (Å²) in [4.78, 5) is 14.4. The molecule has 6 heteroatoms. The number of halogens is 1. The van der Waals surface area contributed by atoms with Gasteiger partial charge in [-0.25, -0.2) is 4.98 Å². The largest absolute Gasteiger partial charge is 0.481 e. The predicted molar refractivity (Wildman–Crippen MR) is 60.9 cm³/mol. The van der Waals surface area contributed by atoms with E-state index in [0.29, 0.717) is 5.75 Å². The van der Waals surface area contributed by atoms with Crippen molar-refractivity contribution in [2.75, 3.05) is 5.75 Å². The maximum Gasteiger partial charge on any atom is 0.306 e. The minimum atomic E-state index is -0.997. The number of aromatic nitrogens is 1. The minimum Gasteiger partial charge on any atom is -0.481 e. The number of carboxylic acids is 1. The number of nitrogens with zero attached hydrogens (tertiary/aromatic N) is 1. The normalized spacial score (nSPS) is 12.4. The first-order chi connectivity index (χ1) is 7.09. The second kappa shape index (κ2) is 6.09. The lowest BCUT2D eigenvalue weighted by Gasteiger charge is -2.07. The molecule has 0 aromatic carbocycles. The van der Waals surface area contributed by atoms with E-state index in [2.05, 4.69) is 20.9 Å². The lowest BCUT2D eigenvalue weighted by Crippen LogP contribution is -2.15. The number of hydrogen-bond acceptors (Lipinski definition) is 4. The van der Waals surface area contributed by atoms with Crippen LogP contribution in [0.2, 0.25) is 0 Å². The van der Waals surface area contributed by atoms with Crippen LogP contribution in [-0.4, -0.2) is 33.0 Å². The molecule has 1 aromatic heterocycles. The van der Waals surface area contributed by atoms with Crippen LogP contribution in [0, 0.1) is 0 Å². The molecule has 0 spiro atoms. The molecule has 0 fully saturated rings. The molecule has 4 nitrogen and oxygen atoms in total. The molecule has 0 bridgehead atoms. The van der Waals surface area contributed by atoms with Crippen molar-refractivity contribution >= 4 is 33.7 Å². The van der Waals surface area contributed by atoms with Gasteiger partial charge in [0.05, 0.1) is 12.5 Å². The van der Waals surface area contributed by atoms with Crippen molar-refractivity contribution in [1.82, 2.24) is 4.98 Å². The Morgan fingerprint density at radius 2 is 2.40 bits per heavy atom. The molecule has 1 aromatic rings. The van der Waals surface area contributed by atoms with E-state index in [1.165, 1.54) is 11.8 Å². The van der Waals surface area contributed by atoms with Crippen LogP contribution in [0.25, 0.3) is 0 Å². The fraction of sp³-hybridized carbons (Fsp3) is 0.333. The zero-order valence-electron chi connectivity index (χ0n) is 7.76. The fourth-order valence-electron chi connectivity index (χ4n) is 0.913. The van der Waals surface area contributed by atoms with Gasteiger partial charge in [0, 0.05) is 16.4 Å². The van der Waals surface area contributed by atoms with Gasteiger partial charge < -0.3 is 10.2 Å². The lowest BCUT2D eigenvalue weighted by molar-refractivity contribution is -0.138. The van der Waals surface area contributed by atoms with Crippen molar-refractivity contribution < 1.29 is 15.0 Å². The summed E-state index contributed by atoms with van der Waals surface area (Å²) in [5.41, 5.74) is 0. The zero-order valence-corrected chi connectivity index (χ0v) is 10.2. The van der Waals surface area contributed by atoms with E-state index < -0.39 is 12.1 Å². The molecular weight excluding hydrogens is 282 g/mol. The molecule has 15 heavy (non-hydrogen) atoms. The number of hydrogen-bond donors (Lipinski definition) is 2. The molecule has 0 saturated heterocycles. The summed E-state index contributed by atoms with van der Waals surface area (Å²) in [6, 6.07) is 3.64. The number of pyridine rings is 1. The van der Waals surface area contributed by atoms with Gasteiger partial charge in [-0.1, -0.05) is 0 Å². The van der Waals surface area contributed by atoms with Crippen molar-refractivity contribution in [2.45, 2.75) is 17.6 Å². The molecule has 0 radical (unpaired) electrons. The van der Waals surface area contributed by atoms with E-state index in [1.807, 2.05) is 6.07 Å². The van der Waals surface area contributed by atoms with Crippen molar-refractivity contribution in [3.8, 4) is 0 Å². The molecule has 82 valence electrons. The number of aliphatic carboxylic acids is 1. The van der Waals surface area contributed by atoms with E-state index in [0.717, 1.165) is 9.50 Å². The van der Waals surface area contributed by atoms with Gasteiger partial charge in [-0.3, -0.25) is 4.79 Å². The third-order valence-electron chi connectivity index (χ3n) is 1.55. The molecule has 1 rings (SSSR count). The van der Waals surface area contributed by atoms with Crippen LogP contribution in [-0.2, 0) is 4.79 Å². The van der Waals surface area contributed by atoms with Gasteiger partial charge in [-0.05, 0) is 28.1 Å². The highest BCUT2D eigenvalue weighted by Gasteiger charge is 2.11. The Morgan fingerprint density at radius 3 is 3.00 bits per heavy atom. The van der Waals surface area contributed by atoms with Crippen molar-refractivity contribution in [1.29, 1.82) is 0 Å². The molecule has 1 unspecified atom stereocenters. The second-order valence-electron chi connectivity index (χ2n) is 2.85. The van der Waals surface area contributed by atoms with E-state index in [-0.39, 0.29) is 6.42 Å². The second-order valence-corrected chi connectivity index (χ2v) is 4.72. The molecule has 0 saturated carbocycles. The van der Waals surface area contributed by atoms with Crippen molar-refractivity contribution in [2.24, 2.45) is 0 Å². The van der Waals surface area contributed by atoms with Crippen LogP contribution in [0.5, 0.6) is 0 Å². The van der Waals surface area contributed by atoms with Gasteiger partial charge in [0.1, 0.15) is 5.03 Å². The van der Waals surface area contributed by atoms with Gasteiger partial charge in [0.25, 0.3) is 0 Å². The minimum absolute atomic E-state index is 0.239. The van der Waals surface area contributed by atoms with Gasteiger partial charge in [0.15, 0.2) is 0 Å². The number of aliphatic hydroxyl groups excluding tert-OH is 1. The fourth-order valence-corrected chi connectivity index (χ4v) is 2.32. The SMILES string of the molecule is O=C(O)CC(O)CSc1ncccc1Br. The molecule has 1 heterocycles. The monoisotopic (exact) mass is 291 g/mol. The molecule has 0 aliphatic carbocycles. The summed E-state index contributed by atoms with van der Waals surface area (Å²) in [7, 11) is 0. The summed E-state index contributed by atoms with van der Waals surface area (Å²) in [5.74, 6) is -0.676. The average Bonchev–Trinajstić information content (AvgIpc) is 2.15. The molecular formula is C9H10BrNO3S. The summed E-state index contributed by atoms with van der Waals surface area (Å²) in [6.07, 6.45) is 0.565. The standard InChI is InChI=1S/C9H10BrNO3S/c10-7-2-1-3-11-9(7)15-5-6(12)4-8(13)14/h1-3,6,12H,4-5H2,(H,13,14). The smallest absolute Gasteiger partial charge is 0.306 e. The van der Waals surface area contributed by atoms with E-state index in [1.54, 1.807) is 12.3 Å². The molecule has 1 atom stereocenters. The maximum atomic E-state index is 10.3. The third kappa shape index (κ3) is 4.63. The Balaban J connectivity index is 2.43. The molecule has 2 N–H and O–H groups in total. The average molecular weight is 292 g/mol. The summed E-state index contributed by atoms with van der Waals surface area (Å²) in [6.45, 7) is 0. The van der Waals surface area contributed by atoms with Crippen molar-refractivity contribution in [3.63, 3.8) is 0 Å². The van der Waals surface area contributed by atoms with Crippen LogP contribution < -0.4 is 0 Å². The highest BCUT2D eigenvalue weighted by atomic mass is 79.9. The molecule has 0 aliphatic heterocycles. The quantitative estimate of drug-likeness (QED) is 0.809. The van der Waals surface area contributed by atoms with E-state index in [9.17, 15) is 9.90 Å². The topological polar surface area (TPSA) is 70.4 Å². The van der Waals surface area contributed by atoms with Crippen molar-refractivity contribution in [3.05, 3.63) is 22.8 Å². The van der Waals surface area contributed by atoms with Gasteiger partial charge >= 0.3 is 5.97 Å². The predicted octanol–water partition coefficient (Wildman–Crippen LogP) is 1.77. The van der Waals surface area contributed by atoms with Crippen LogP contribution >= 0.6 is 27.7 Å². The van der Waals surface area contributed by atoms with Gasteiger partial charge in [0.2, 0.25) is 0 Å². The van der Waals surface area contributed by atoms with E-state index >= 15 is 0 Å². The number of rotatable bonds is 5. The van der Waals surface area contributed by atoms with E-state index in [4.69, 9.17) is 5.11 Å². The number of carbonyl (C=O) groups is 1. The Hall–Kier alpha value is -0.590. The first-order valence-electron chi connectivity index (χ1n) is 4.22. The lowest BCUT2D eigenvalue weighted by atomic mass is 10.3. The highest BCUT2D eigenvalue weighted by molar-refractivity contribution is 9.10. The Bertz CT molecular complexity index is 348. The molecule has 0 aliphatic rings. The Labute approximate surface area is 99.9 Å². The van der Waals surface area contributed by atoms with Crippen LogP contribution in [0.3, 0.4) is 0 Å². The van der Waals surface area contributed by atoms with Crippen LogP contribution in [0.1, 0.15) is 6.42 Å². The molecule has 0 amide bonds. The first-order valence-corrected chi connectivity index (χ1v) is 6.00. The summed E-state index contributed by atoms with van der Waals surface area (Å²) in [5, 5.41) is 18.5. The Morgan fingerprint density at radius 1 is 1.67 bits per heavy atom. The van der Waals surface area contributed by atoms with Crippen LogP contribution in [0.15, 0.2) is 27.8 Å². The van der Waals surface area contributed by atoms with Gasteiger partial charge in [-0.2, -0.15) is 0 Å². The van der Waals surface area contributed by atoms with Gasteiger partial charge in [-0.15, -0.1) is 11.8 Å². The maximum absolute atomic E-state index is 10.3. The number of thioether (sulfide) groups is 1. The number of aliphatic hydroxyl groups is 1. The highest BCUT2D eigenvalue weighted by Crippen LogP contribution is 2.25.